The Hall–Kier alpha value is -1.26. The fraction of sp³-hybridized carbons (Fsp3) is 0.571. The SMILES string of the molecule is CN=C(NCCOc1ncccc1C(F)(F)F)NCC(C)C.I. The summed E-state index contributed by atoms with van der Waals surface area (Å²) in [6, 6.07) is 2.17. The van der Waals surface area contributed by atoms with E-state index in [1.165, 1.54) is 12.3 Å². The number of pyridine rings is 1. The largest absolute Gasteiger partial charge is 0.475 e. The molecule has 0 amide bonds. The van der Waals surface area contributed by atoms with Crippen LogP contribution in [0.25, 0.3) is 0 Å². The van der Waals surface area contributed by atoms with Crippen LogP contribution in [0.4, 0.5) is 13.2 Å². The second-order valence-corrected chi connectivity index (χ2v) is 4.98. The standard InChI is InChI=1S/C14H21F3N4O.HI/c1-10(2)9-21-13(18-3)20-7-8-22-12-11(14(15,16)17)5-4-6-19-12;/h4-6,10H,7-9H2,1-3H3,(H2,18,20,21);1H. The Labute approximate surface area is 151 Å². The summed E-state index contributed by atoms with van der Waals surface area (Å²) in [5, 5.41) is 6.05. The molecule has 0 bridgehead atoms. The van der Waals surface area contributed by atoms with Gasteiger partial charge in [-0.05, 0) is 18.1 Å². The molecule has 0 aliphatic rings. The maximum Gasteiger partial charge on any atom is 0.421 e. The lowest BCUT2D eigenvalue weighted by Gasteiger charge is -2.15. The molecule has 0 spiro atoms. The first-order chi connectivity index (χ1) is 10.3. The molecule has 0 aliphatic heterocycles. The number of aromatic nitrogens is 1. The van der Waals surface area contributed by atoms with Crippen LogP contribution in [0.5, 0.6) is 5.88 Å². The van der Waals surface area contributed by atoms with Gasteiger partial charge in [-0.15, -0.1) is 24.0 Å². The van der Waals surface area contributed by atoms with Gasteiger partial charge >= 0.3 is 6.18 Å². The number of hydrogen-bond acceptors (Lipinski definition) is 3. The molecule has 9 heteroatoms. The molecule has 1 aromatic rings. The molecule has 2 N–H and O–H groups in total. The molecule has 23 heavy (non-hydrogen) atoms. The van der Waals surface area contributed by atoms with Crippen LogP contribution in [0, 0.1) is 5.92 Å². The molecular formula is C14H22F3IN4O. The van der Waals surface area contributed by atoms with Crippen molar-refractivity contribution in [2.45, 2.75) is 20.0 Å². The van der Waals surface area contributed by atoms with E-state index < -0.39 is 17.6 Å². The first kappa shape index (κ1) is 21.7. The van der Waals surface area contributed by atoms with Crippen LogP contribution in [0.3, 0.4) is 0 Å². The van der Waals surface area contributed by atoms with Crippen LogP contribution in [-0.2, 0) is 6.18 Å². The summed E-state index contributed by atoms with van der Waals surface area (Å²) in [5.74, 6) is 0.619. The third kappa shape index (κ3) is 8.24. The van der Waals surface area contributed by atoms with Crippen molar-refractivity contribution in [3.8, 4) is 5.88 Å². The number of rotatable bonds is 6. The monoisotopic (exact) mass is 446 g/mol. The predicted octanol–water partition coefficient (Wildman–Crippen LogP) is 2.92. The van der Waals surface area contributed by atoms with Crippen molar-refractivity contribution < 1.29 is 17.9 Å². The minimum atomic E-state index is -4.48. The number of nitrogens with one attached hydrogen (secondary N) is 2. The zero-order valence-corrected chi connectivity index (χ0v) is 15.6. The Bertz CT molecular complexity index is 495. The molecule has 132 valence electrons. The molecule has 1 rings (SSSR count). The molecule has 0 fully saturated rings. The van der Waals surface area contributed by atoms with E-state index in [0.717, 1.165) is 12.6 Å². The van der Waals surface area contributed by atoms with Crippen molar-refractivity contribution in [3.63, 3.8) is 0 Å². The van der Waals surface area contributed by atoms with Crippen molar-refractivity contribution in [1.82, 2.24) is 15.6 Å². The summed E-state index contributed by atoms with van der Waals surface area (Å²) < 4.78 is 43.4. The molecule has 0 unspecified atom stereocenters. The summed E-state index contributed by atoms with van der Waals surface area (Å²) in [7, 11) is 1.62. The van der Waals surface area contributed by atoms with Crippen molar-refractivity contribution in [2.24, 2.45) is 10.9 Å². The fourth-order valence-corrected chi connectivity index (χ4v) is 1.56. The van der Waals surface area contributed by atoms with Gasteiger partial charge in [0.25, 0.3) is 0 Å². The highest BCUT2D eigenvalue weighted by Crippen LogP contribution is 2.34. The highest BCUT2D eigenvalue weighted by atomic mass is 127. The molecule has 0 saturated heterocycles. The average molecular weight is 446 g/mol. The summed E-state index contributed by atoms with van der Waals surface area (Å²) in [6.07, 6.45) is -3.22. The molecule has 0 atom stereocenters. The minimum absolute atomic E-state index is 0. The maximum atomic E-state index is 12.8. The highest BCUT2D eigenvalue weighted by Gasteiger charge is 2.34. The van der Waals surface area contributed by atoms with Gasteiger partial charge in [0.15, 0.2) is 5.96 Å². The summed E-state index contributed by atoms with van der Waals surface area (Å²) in [5.41, 5.74) is -0.877. The van der Waals surface area contributed by atoms with Gasteiger partial charge in [-0.2, -0.15) is 13.2 Å². The van der Waals surface area contributed by atoms with Crippen LogP contribution >= 0.6 is 24.0 Å². The van der Waals surface area contributed by atoms with Gasteiger partial charge in [0.1, 0.15) is 12.2 Å². The van der Waals surface area contributed by atoms with E-state index in [-0.39, 0.29) is 30.6 Å². The zero-order valence-electron chi connectivity index (χ0n) is 13.3. The van der Waals surface area contributed by atoms with E-state index in [2.05, 4.69) is 34.5 Å². The zero-order chi connectivity index (χ0) is 16.6. The van der Waals surface area contributed by atoms with Crippen LogP contribution in [0.2, 0.25) is 0 Å². The second kappa shape index (κ2) is 10.5. The number of nitrogens with zero attached hydrogens (tertiary/aromatic N) is 2. The van der Waals surface area contributed by atoms with E-state index in [0.29, 0.717) is 18.4 Å². The van der Waals surface area contributed by atoms with Gasteiger partial charge in [-0.3, -0.25) is 4.99 Å². The predicted molar refractivity (Wildman–Crippen MR) is 94.4 cm³/mol. The summed E-state index contributed by atoms with van der Waals surface area (Å²) in [6.45, 7) is 5.22. The Morgan fingerprint density at radius 1 is 1.35 bits per heavy atom. The summed E-state index contributed by atoms with van der Waals surface area (Å²) >= 11 is 0. The van der Waals surface area contributed by atoms with Gasteiger partial charge in [0, 0.05) is 19.8 Å². The van der Waals surface area contributed by atoms with Gasteiger partial charge in [-0.25, -0.2) is 4.98 Å². The first-order valence-electron chi connectivity index (χ1n) is 6.94. The molecule has 1 heterocycles. The number of hydrogen-bond donors (Lipinski definition) is 2. The number of aliphatic imine (C=N–C) groups is 1. The van der Waals surface area contributed by atoms with E-state index in [1.54, 1.807) is 7.05 Å². The fourth-order valence-electron chi connectivity index (χ4n) is 1.56. The number of guanidine groups is 1. The molecule has 0 aliphatic carbocycles. The third-order valence-corrected chi connectivity index (χ3v) is 2.61. The molecule has 1 aromatic heterocycles. The average Bonchev–Trinajstić information content (AvgIpc) is 2.45. The lowest BCUT2D eigenvalue weighted by atomic mass is 10.2. The molecule has 5 nitrogen and oxygen atoms in total. The van der Waals surface area contributed by atoms with Crippen molar-refractivity contribution >= 4 is 29.9 Å². The van der Waals surface area contributed by atoms with Gasteiger partial charge in [0.2, 0.25) is 5.88 Å². The van der Waals surface area contributed by atoms with E-state index >= 15 is 0 Å². The summed E-state index contributed by atoms with van der Waals surface area (Å²) in [4.78, 5) is 7.63. The Kier molecular flexibility index (Phi) is 9.93. The van der Waals surface area contributed by atoms with Gasteiger partial charge in [0.05, 0.1) is 6.54 Å². The number of halogens is 4. The van der Waals surface area contributed by atoms with Crippen LogP contribution < -0.4 is 15.4 Å². The topological polar surface area (TPSA) is 58.5 Å². The normalized spacial score (nSPS) is 11.9. The lowest BCUT2D eigenvalue weighted by molar-refractivity contribution is -0.139. The van der Waals surface area contributed by atoms with Crippen molar-refractivity contribution in [2.75, 3.05) is 26.7 Å². The van der Waals surface area contributed by atoms with Crippen molar-refractivity contribution in [1.29, 1.82) is 0 Å². The molecular weight excluding hydrogens is 424 g/mol. The Morgan fingerprint density at radius 3 is 2.61 bits per heavy atom. The van der Waals surface area contributed by atoms with Crippen molar-refractivity contribution in [3.05, 3.63) is 23.9 Å². The number of alkyl halides is 3. The highest BCUT2D eigenvalue weighted by molar-refractivity contribution is 14.0. The number of ether oxygens (including phenoxy) is 1. The second-order valence-electron chi connectivity index (χ2n) is 4.98. The van der Waals surface area contributed by atoms with E-state index in [9.17, 15) is 13.2 Å². The van der Waals surface area contributed by atoms with Crippen LogP contribution in [-0.4, -0.2) is 37.7 Å². The van der Waals surface area contributed by atoms with Crippen LogP contribution in [0.15, 0.2) is 23.3 Å². The maximum absolute atomic E-state index is 12.8. The Morgan fingerprint density at radius 2 is 2.04 bits per heavy atom. The molecule has 0 radical (unpaired) electrons. The van der Waals surface area contributed by atoms with Gasteiger partial charge < -0.3 is 15.4 Å². The lowest BCUT2D eigenvalue weighted by Crippen LogP contribution is -2.40. The smallest absolute Gasteiger partial charge is 0.421 e. The molecule has 0 saturated carbocycles. The third-order valence-electron chi connectivity index (χ3n) is 2.61. The quantitative estimate of drug-likeness (QED) is 0.306. The molecule has 0 aromatic carbocycles. The Balaban J connectivity index is 0.00000484. The minimum Gasteiger partial charge on any atom is -0.475 e. The van der Waals surface area contributed by atoms with Crippen LogP contribution in [0.1, 0.15) is 19.4 Å². The van der Waals surface area contributed by atoms with E-state index in [4.69, 9.17) is 4.74 Å². The van der Waals surface area contributed by atoms with E-state index in [1.807, 2.05) is 0 Å². The van der Waals surface area contributed by atoms with Gasteiger partial charge in [-0.1, -0.05) is 13.8 Å². The first-order valence-corrected chi connectivity index (χ1v) is 6.94.